The van der Waals surface area contributed by atoms with Crippen molar-refractivity contribution in [1.82, 2.24) is 0 Å². The molecule has 0 unspecified atom stereocenters. The average Bonchev–Trinajstić information content (AvgIpc) is 2.29. The van der Waals surface area contributed by atoms with Gasteiger partial charge in [-0.2, -0.15) is 0 Å². The third-order valence-corrected chi connectivity index (χ3v) is 2.54. The van der Waals surface area contributed by atoms with Crippen molar-refractivity contribution in [1.29, 1.82) is 0 Å². The molecule has 0 amide bonds. The molecule has 2 rings (SSSR count). The SMILES string of the molecule is O=C(O)c1ccc(F)cc1N1CCOCC1. The van der Waals surface area contributed by atoms with E-state index < -0.39 is 11.8 Å². The number of carboxylic acids is 1. The van der Waals surface area contributed by atoms with Crippen molar-refractivity contribution < 1.29 is 19.0 Å². The zero-order chi connectivity index (χ0) is 11.5. The first-order chi connectivity index (χ1) is 7.68. The Labute approximate surface area is 92.2 Å². The Balaban J connectivity index is 2.36. The maximum absolute atomic E-state index is 13.1. The quantitative estimate of drug-likeness (QED) is 0.825. The Hall–Kier alpha value is -1.62. The van der Waals surface area contributed by atoms with E-state index in [0.717, 1.165) is 6.07 Å². The molecule has 4 nitrogen and oxygen atoms in total. The van der Waals surface area contributed by atoms with E-state index in [-0.39, 0.29) is 5.56 Å². The summed E-state index contributed by atoms with van der Waals surface area (Å²) in [6.07, 6.45) is 0. The number of halogens is 1. The number of benzene rings is 1. The van der Waals surface area contributed by atoms with E-state index in [2.05, 4.69) is 0 Å². The Morgan fingerprint density at radius 3 is 2.69 bits per heavy atom. The first-order valence-corrected chi connectivity index (χ1v) is 5.04. The van der Waals surface area contributed by atoms with Crippen molar-refractivity contribution in [2.45, 2.75) is 0 Å². The van der Waals surface area contributed by atoms with Crippen LogP contribution in [0.4, 0.5) is 10.1 Å². The van der Waals surface area contributed by atoms with Crippen molar-refractivity contribution in [3.8, 4) is 0 Å². The molecule has 0 saturated carbocycles. The second-order valence-electron chi connectivity index (χ2n) is 3.57. The summed E-state index contributed by atoms with van der Waals surface area (Å²) in [5.74, 6) is -1.46. The minimum absolute atomic E-state index is 0.128. The zero-order valence-electron chi connectivity index (χ0n) is 8.65. The lowest BCUT2D eigenvalue weighted by Gasteiger charge is -2.29. The lowest BCUT2D eigenvalue weighted by Crippen LogP contribution is -2.37. The molecule has 0 aliphatic carbocycles. The van der Waals surface area contributed by atoms with Crippen LogP contribution in [0.2, 0.25) is 0 Å². The smallest absolute Gasteiger partial charge is 0.337 e. The molecule has 1 saturated heterocycles. The molecule has 0 spiro atoms. The van der Waals surface area contributed by atoms with Crippen LogP contribution in [0.1, 0.15) is 10.4 Å². The Morgan fingerprint density at radius 1 is 1.38 bits per heavy atom. The van der Waals surface area contributed by atoms with Crippen LogP contribution in [-0.4, -0.2) is 37.4 Å². The number of hydrogen-bond donors (Lipinski definition) is 1. The zero-order valence-corrected chi connectivity index (χ0v) is 8.65. The summed E-state index contributed by atoms with van der Waals surface area (Å²) >= 11 is 0. The van der Waals surface area contributed by atoms with Crippen molar-refractivity contribution in [3.63, 3.8) is 0 Å². The van der Waals surface area contributed by atoms with E-state index in [4.69, 9.17) is 9.84 Å². The van der Waals surface area contributed by atoms with E-state index in [1.54, 1.807) is 0 Å². The molecule has 0 bridgehead atoms. The van der Waals surface area contributed by atoms with Crippen LogP contribution in [0.5, 0.6) is 0 Å². The summed E-state index contributed by atoms with van der Waals surface area (Å²) in [5, 5.41) is 9.01. The van der Waals surface area contributed by atoms with Crippen LogP contribution in [0.15, 0.2) is 18.2 Å². The van der Waals surface area contributed by atoms with Gasteiger partial charge in [-0.3, -0.25) is 0 Å². The van der Waals surface area contributed by atoms with Gasteiger partial charge in [0.25, 0.3) is 0 Å². The topological polar surface area (TPSA) is 49.8 Å². The summed E-state index contributed by atoms with van der Waals surface area (Å²) in [4.78, 5) is 12.8. The molecular weight excluding hydrogens is 213 g/mol. The summed E-state index contributed by atoms with van der Waals surface area (Å²) in [5.41, 5.74) is 0.555. The van der Waals surface area contributed by atoms with Gasteiger partial charge in [0.1, 0.15) is 5.82 Å². The van der Waals surface area contributed by atoms with Crippen LogP contribution in [0.3, 0.4) is 0 Å². The predicted octanol–water partition coefficient (Wildman–Crippen LogP) is 1.36. The molecule has 1 aliphatic heterocycles. The highest BCUT2D eigenvalue weighted by molar-refractivity contribution is 5.94. The van der Waals surface area contributed by atoms with Crippen LogP contribution in [-0.2, 0) is 4.74 Å². The maximum Gasteiger partial charge on any atom is 0.337 e. The first-order valence-electron chi connectivity index (χ1n) is 5.04. The van der Waals surface area contributed by atoms with E-state index in [1.165, 1.54) is 12.1 Å². The fraction of sp³-hybridized carbons (Fsp3) is 0.364. The average molecular weight is 225 g/mol. The summed E-state index contributed by atoms with van der Waals surface area (Å²) < 4.78 is 18.3. The van der Waals surface area contributed by atoms with Crippen molar-refractivity contribution in [2.75, 3.05) is 31.2 Å². The predicted molar refractivity (Wildman–Crippen MR) is 56.4 cm³/mol. The van der Waals surface area contributed by atoms with Crippen LogP contribution >= 0.6 is 0 Å². The summed E-state index contributed by atoms with van der Waals surface area (Å²) in [6, 6.07) is 3.71. The van der Waals surface area contributed by atoms with Gasteiger partial charge in [0.2, 0.25) is 0 Å². The molecule has 0 radical (unpaired) electrons. The molecule has 1 aliphatic rings. The third kappa shape index (κ3) is 2.14. The first kappa shape index (κ1) is 10.9. The van der Waals surface area contributed by atoms with Gasteiger partial charge in [0.05, 0.1) is 24.5 Å². The van der Waals surface area contributed by atoms with Crippen LogP contribution in [0.25, 0.3) is 0 Å². The fourth-order valence-corrected chi connectivity index (χ4v) is 1.75. The highest BCUT2D eigenvalue weighted by Crippen LogP contribution is 2.22. The van der Waals surface area contributed by atoms with Gasteiger partial charge >= 0.3 is 5.97 Å². The van der Waals surface area contributed by atoms with Crippen molar-refractivity contribution in [3.05, 3.63) is 29.6 Å². The molecule has 16 heavy (non-hydrogen) atoms. The van der Waals surface area contributed by atoms with E-state index in [9.17, 15) is 9.18 Å². The Morgan fingerprint density at radius 2 is 2.06 bits per heavy atom. The fourth-order valence-electron chi connectivity index (χ4n) is 1.75. The van der Waals surface area contributed by atoms with Gasteiger partial charge in [0.15, 0.2) is 0 Å². The molecule has 5 heteroatoms. The number of hydrogen-bond acceptors (Lipinski definition) is 3. The van der Waals surface area contributed by atoms with Gasteiger partial charge in [-0.25, -0.2) is 9.18 Å². The molecule has 1 aromatic carbocycles. The number of carbonyl (C=O) groups is 1. The molecule has 1 aromatic rings. The standard InChI is InChI=1S/C11H12FNO3/c12-8-1-2-9(11(14)15)10(7-8)13-3-5-16-6-4-13/h1-2,7H,3-6H2,(H,14,15). The number of carboxylic acid groups (broad SMARTS) is 1. The van der Waals surface area contributed by atoms with Crippen LogP contribution in [0, 0.1) is 5.82 Å². The minimum atomic E-state index is -1.04. The van der Waals surface area contributed by atoms with Gasteiger partial charge in [-0.1, -0.05) is 0 Å². The molecule has 1 heterocycles. The number of anilines is 1. The molecule has 86 valence electrons. The molecule has 0 aromatic heterocycles. The van der Waals surface area contributed by atoms with E-state index in [0.29, 0.717) is 32.0 Å². The summed E-state index contributed by atoms with van der Waals surface area (Å²) in [6.45, 7) is 2.25. The number of rotatable bonds is 2. The monoisotopic (exact) mass is 225 g/mol. The van der Waals surface area contributed by atoms with Gasteiger partial charge in [-0.15, -0.1) is 0 Å². The largest absolute Gasteiger partial charge is 0.478 e. The van der Waals surface area contributed by atoms with Crippen molar-refractivity contribution in [2.24, 2.45) is 0 Å². The molecule has 1 N–H and O–H groups in total. The Bertz CT molecular complexity index is 402. The van der Waals surface area contributed by atoms with Crippen molar-refractivity contribution >= 4 is 11.7 Å². The molecule has 0 atom stereocenters. The van der Waals surface area contributed by atoms with Crippen LogP contribution < -0.4 is 4.90 Å². The highest BCUT2D eigenvalue weighted by atomic mass is 19.1. The number of morpholine rings is 1. The Kier molecular flexibility index (Phi) is 3.05. The lowest BCUT2D eigenvalue weighted by molar-refractivity contribution is 0.0696. The number of ether oxygens (including phenoxy) is 1. The van der Waals surface area contributed by atoms with E-state index >= 15 is 0 Å². The van der Waals surface area contributed by atoms with Gasteiger partial charge < -0.3 is 14.7 Å². The second-order valence-corrected chi connectivity index (χ2v) is 3.57. The van der Waals surface area contributed by atoms with Gasteiger partial charge in [-0.05, 0) is 18.2 Å². The van der Waals surface area contributed by atoms with Gasteiger partial charge in [0, 0.05) is 13.1 Å². The lowest BCUT2D eigenvalue weighted by atomic mass is 10.1. The molecular formula is C11H12FNO3. The highest BCUT2D eigenvalue weighted by Gasteiger charge is 2.18. The normalized spacial score (nSPS) is 16.2. The molecule has 1 fully saturated rings. The summed E-state index contributed by atoms with van der Waals surface area (Å²) in [7, 11) is 0. The number of aromatic carboxylic acids is 1. The second kappa shape index (κ2) is 4.49. The van der Waals surface area contributed by atoms with E-state index in [1.807, 2.05) is 4.90 Å². The third-order valence-electron chi connectivity index (χ3n) is 2.54. The maximum atomic E-state index is 13.1. The minimum Gasteiger partial charge on any atom is -0.478 e. The number of nitrogens with zero attached hydrogens (tertiary/aromatic N) is 1.